The Morgan fingerprint density at radius 2 is 0.833 bits per heavy atom. The molecule has 0 saturated carbocycles. The molecule has 2 unspecified atom stereocenters. The second-order valence-electron chi connectivity index (χ2n) is 4.90. The standard InChI is InChI=1S/C10H2F18O2/c1-2(11)3(12,13)29-6(17,9(24,25)26)10(27,28)30-5(16,8(21,22)23)4(14,15)7(18,19)20/h1H2. The molecule has 0 radical (unpaired) electrons. The lowest BCUT2D eigenvalue weighted by Crippen LogP contribution is -2.70. The number of hydrogen-bond donors (Lipinski definition) is 0. The van der Waals surface area contributed by atoms with Gasteiger partial charge in [0.2, 0.25) is 0 Å². The zero-order valence-electron chi connectivity index (χ0n) is 12.8. The van der Waals surface area contributed by atoms with Crippen molar-refractivity contribution < 1.29 is 88.5 Å². The molecule has 2 nitrogen and oxygen atoms in total. The van der Waals surface area contributed by atoms with Crippen LogP contribution >= 0.6 is 0 Å². The molecule has 0 rings (SSSR count). The maximum Gasteiger partial charge on any atom is 0.459 e. The first-order valence-electron chi connectivity index (χ1n) is 6.07. The van der Waals surface area contributed by atoms with E-state index >= 15 is 0 Å². The highest BCUT2D eigenvalue weighted by Gasteiger charge is 2.88. The largest absolute Gasteiger partial charge is 0.459 e. The van der Waals surface area contributed by atoms with E-state index in [2.05, 4.69) is 0 Å². The second kappa shape index (κ2) is 7.23. The van der Waals surface area contributed by atoms with Gasteiger partial charge in [0.05, 0.1) is 0 Å². The Morgan fingerprint density at radius 3 is 1.07 bits per heavy atom. The molecule has 0 saturated heterocycles. The topological polar surface area (TPSA) is 18.5 Å². The van der Waals surface area contributed by atoms with Crippen LogP contribution in [0.4, 0.5) is 79.0 Å². The number of halogens is 18. The molecule has 0 aliphatic rings. The molecule has 20 heteroatoms. The molecule has 0 bridgehead atoms. The van der Waals surface area contributed by atoms with Gasteiger partial charge in [-0.3, -0.25) is 9.47 Å². The fourth-order valence-electron chi connectivity index (χ4n) is 1.24. The van der Waals surface area contributed by atoms with E-state index in [1.165, 1.54) is 11.3 Å². The summed E-state index contributed by atoms with van der Waals surface area (Å²) in [5, 5.41) is 0. The lowest BCUT2D eigenvalue weighted by molar-refractivity contribution is -0.552. The van der Waals surface area contributed by atoms with Crippen LogP contribution in [-0.4, -0.2) is 48.4 Å². The predicted molar refractivity (Wildman–Crippen MR) is 53.1 cm³/mol. The van der Waals surface area contributed by atoms with Crippen molar-refractivity contribution in [3.63, 3.8) is 0 Å². The average Bonchev–Trinajstić information content (AvgIpc) is 2.41. The van der Waals surface area contributed by atoms with Crippen molar-refractivity contribution >= 4 is 0 Å². The van der Waals surface area contributed by atoms with Gasteiger partial charge in [-0.05, 0) is 0 Å². The molecule has 0 spiro atoms. The fourth-order valence-corrected chi connectivity index (χ4v) is 1.24. The van der Waals surface area contributed by atoms with Gasteiger partial charge in [-0.15, -0.1) is 0 Å². The van der Waals surface area contributed by atoms with Crippen molar-refractivity contribution in [1.29, 1.82) is 0 Å². The molecule has 0 aromatic carbocycles. The number of alkyl halides is 17. The smallest absolute Gasteiger partial charge is 0.265 e. The van der Waals surface area contributed by atoms with E-state index in [1.54, 1.807) is 4.74 Å². The third-order valence-electron chi connectivity index (χ3n) is 2.72. The van der Waals surface area contributed by atoms with Crippen LogP contribution in [0.25, 0.3) is 0 Å². The SMILES string of the molecule is C=C(F)C(F)(F)OC(F)(C(F)(F)F)C(F)(F)OC(F)(C(F)(F)F)C(F)(F)C(F)(F)F. The van der Waals surface area contributed by atoms with E-state index in [-0.39, 0.29) is 0 Å². The molecule has 0 heterocycles. The first-order valence-corrected chi connectivity index (χ1v) is 6.07. The van der Waals surface area contributed by atoms with Crippen LogP contribution in [0.5, 0.6) is 0 Å². The summed E-state index contributed by atoms with van der Waals surface area (Å²) in [5.41, 5.74) is 0. The van der Waals surface area contributed by atoms with Crippen molar-refractivity contribution in [3.8, 4) is 0 Å². The van der Waals surface area contributed by atoms with Crippen LogP contribution in [0, 0.1) is 0 Å². The molecule has 0 amide bonds. The lowest BCUT2D eigenvalue weighted by Gasteiger charge is -2.41. The summed E-state index contributed by atoms with van der Waals surface area (Å²) >= 11 is 0. The Balaban J connectivity index is 6.80. The highest BCUT2D eigenvalue weighted by Crippen LogP contribution is 2.58. The minimum Gasteiger partial charge on any atom is -0.265 e. The van der Waals surface area contributed by atoms with E-state index in [9.17, 15) is 79.0 Å². The molecule has 2 atom stereocenters. The predicted octanol–water partition coefficient (Wildman–Crippen LogP) is 6.34. The second-order valence-corrected chi connectivity index (χ2v) is 4.90. The minimum absolute atomic E-state index is 1.20. The first kappa shape index (κ1) is 28.4. The maximum atomic E-state index is 13.6. The molecule has 0 aliphatic carbocycles. The van der Waals surface area contributed by atoms with E-state index in [0.29, 0.717) is 0 Å². The van der Waals surface area contributed by atoms with Crippen LogP contribution in [-0.2, 0) is 9.47 Å². The summed E-state index contributed by atoms with van der Waals surface area (Å²) in [6.07, 6.45) is -38.2. The average molecular weight is 496 g/mol. The molecule has 0 aromatic rings. The Hall–Kier alpha value is -1.60. The van der Waals surface area contributed by atoms with Crippen molar-refractivity contribution in [2.75, 3.05) is 0 Å². The Morgan fingerprint density at radius 1 is 0.500 bits per heavy atom. The minimum atomic E-state index is -8.20. The summed E-state index contributed by atoms with van der Waals surface area (Å²) in [7, 11) is 0. The molecular weight excluding hydrogens is 494 g/mol. The van der Waals surface area contributed by atoms with Gasteiger partial charge in [0.15, 0.2) is 5.83 Å². The van der Waals surface area contributed by atoms with Gasteiger partial charge in [0.1, 0.15) is 0 Å². The van der Waals surface area contributed by atoms with Crippen molar-refractivity contribution in [1.82, 2.24) is 0 Å². The normalized spacial score (nSPS) is 19.3. The van der Waals surface area contributed by atoms with Crippen molar-refractivity contribution in [2.45, 2.75) is 48.4 Å². The Labute approximate surface area is 151 Å². The number of rotatable bonds is 7. The van der Waals surface area contributed by atoms with E-state index in [0.717, 1.165) is 0 Å². The van der Waals surface area contributed by atoms with Crippen molar-refractivity contribution in [3.05, 3.63) is 12.4 Å². The maximum absolute atomic E-state index is 13.6. The molecule has 30 heavy (non-hydrogen) atoms. The van der Waals surface area contributed by atoms with Gasteiger partial charge in [-0.25, -0.2) is 4.39 Å². The summed E-state index contributed by atoms with van der Waals surface area (Å²) in [6, 6.07) is 0. The van der Waals surface area contributed by atoms with E-state index in [1.807, 2.05) is 0 Å². The van der Waals surface area contributed by atoms with Crippen LogP contribution in [0.15, 0.2) is 12.4 Å². The highest BCUT2D eigenvalue weighted by atomic mass is 19.4. The summed E-state index contributed by atoms with van der Waals surface area (Å²) in [6.45, 7) is 1.48. The van der Waals surface area contributed by atoms with Crippen LogP contribution in [0.1, 0.15) is 0 Å². The van der Waals surface area contributed by atoms with Crippen LogP contribution in [0.3, 0.4) is 0 Å². The molecule has 0 aliphatic heterocycles. The zero-order chi connectivity index (χ0) is 25.0. The molecule has 180 valence electrons. The van der Waals surface area contributed by atoms with E-state index < -0.39 is 54.2 Å². The van der Waals surface area contributed by atoms with Gasteiger partial charge >= 0.3 is 48.4 Å². The highest BCUT2D eigenvalue weighted by molar-refractivity contribution is 5.01. The number of ether oxygens (including phenoxy) is 2. The van der Waals surface area contributed by atoms with Crippen LogP contribution in [0.2, 0.25) is 0 Å². The summed E-state index contributed by atoms with van der Waals surface area (Å²) in [4.78, 5) is 0. The summed E-state index contributed by atoms with van der Waals surface area (Å²) in [5.74, 6) is -27.7. The zero-order valence-corrected chi connectivity index (χ0v) is 12.8. The lowest BCUT2D eigenvalue weighted by atomic mass is 10.1. The molecule has 0 fully saturated rings. The Kier molecular flexibility index (Phi) is 6.84. The Bertz CT molecular complexity index is 643. The van der Waals surface area contributed by atoms with Crippen LogP contribution < -0.4 is 0 Å². The van der Waals surface area contributed by atoms with Gasteiger partial charge in [-0.2, -0.15) is 74.6 Å². The van der Waals surface area contributed by atoms with Gasteiger partial charge in [0.25, 0.3) is 0 Å². The fraction of sp³-hybridized carbons (Fsp3) is 0.800. The number of hydrogen-bond acceptors (Lipinski definition) is 2. The monoisotopic (exact) mass is 496 g/mol. The third-order valence-corrected chi connectivity index (χ3v) is 2.72. The summed E-state index contributed by atoms with van der Waals surface area (Å²) < 4.78 is 230. The van der Waals surface area contributed by atoms with Crippen molar-refractivity contribution in [2.24, 2.45) is 0 Å². The quantitative estimate of drug-likeness (QED) is 0.383. The molecule has 0 N–H and O–H groups in total. The van der Waals surface area contributed by atoms with Gasteiger partial charge in [-0.1, -0.05) is 6.58 Å². The van der Waals surface area contributed by atoms with Gasteiger partial charge in [0, 0.05) is 0 Å². The first-order chi connectivity index (χ1) is 12.6. The van der Waals surface area contributed by atoms with E-state index in [4.69, 9.17) is 0 Å². The third kappa shape index (κ3) is 4.52. The molecular formula is C10H2F18O2. The van der Waals surface area contributed by atoms with Gasteiger partial charge < -0.3 is 0 Å². The molecule has 0 aromatic heterocycles.